The Bertz CT molecular complexity index is 1210. The highest BCUT2D eigenvalue weighted by Crippen LogP contribution is 2.37. The minimum Gasteiger partial charge on any atom is -0.333 e. The Morgan fingerprint density at radius 2 is 2.07 bits per heavy atom. The summed E-state index contributed by atoms with van der Waals surface area (Å²) in [6, 6.07) is 10.0. The van der Waals surface area contributed by atoms with Gasteiger partial charge in [0, 0.05) is 41.0 Å². The van der Waals surface area contributed by atoms with E-state index in [9.17, 15) is 8.42 Å². The molecule has 0 aliphatic rings. The maximum Gasteiger partial charge on any atom is 0.273 e. The number of benzene rings is 1. The predicted molar refractivity (Wildman–Crippen MR) is 123 cm³/mol. The molecule has 0 atom stereocenters. The Hall–Kier alpha value is -2.49. The topological polar surface area (TPSA) is 76.9 Å². The quantitative estimate of drug-likeness (QED) is 0.398. The molecular formula is C21H22N4O2S3. The highest BCUT2D eigenvalue weighted by atomic mass is 32.2. The molecule has 6 nitrogen and oxygen atoms in total. The first-order valence-electron chi connectivity index (χ1n) is 9.51. The fourth-order valence-electron chi connectivity index (χ4n) is 3.19. The van der Waals surface area contributed by atoms with Gasteiger partial charge in [-0.1, -0.05) is 32.0 Å². The molecule has 4 rings (SSSR count). The molecule has 0 bridgehead atoms. The summed E-state index contributed by atoms with van der Waals surface area (Å²) in [6.45, 7) is 4.94. The Balaban J connectivity index is 1.74. The molecule has 3 aromatic heterocycles. The molecule has 0 unspecified atom stereocenters. The third-order valence-corrected chi connectivity index (χ3v) is 8.27. The number of hydrogen-bond acceptors (Lipinski definition) is 6. The van der Waals surface area contributed by atoms with Gasteiger partial charge < -0.3 is 4.57 Å². The molecule has 4 aromatic rings. The van der Waals surface area contributed by atoms with Crippen LogP contribution in [0.15, 0.2) is 64.8 Å². The largest absolute Gasteiger partial charge is 0.333 e. The number of imidazole rings is 1. The zero-order valence-electron chi connectivity index (χ0n) is 16.6. The Morgan fingerprint density at radius 1 is 1.20 bits per heavy atom. The van der Waals surface area contributed by atoms with Crippen LogP contribution in [0.1, 0.15) is 24.3 Å². The first-order valence-corrected chi connectivity index (χ1v) is 12.7. The summed E-state index contributed by atoms with van der Waals surface area (Å²) in [5, 5.41) is 2.12. The highest BCUT2D eigenvalue weighted by Gasteiger charge is 2.24. The first-order chi connectivity index (χ1) is 14.4. The van der Waals surface area contributed by atoms with E-state index < -0.39 is 10.0 Å². The molecule has 0 spiro atoms. The summed E-state index contributed by atoms with van der Waals surface area (Å²) in [6.07, 6.45) is 7.84. The van der Waals surface area contributed by atoms with E-state index >= 15 is 0 Å². The van der Waals surface area contributed by atoms with Crippen molar-refractivity contribution in [3.8, 4) is 11.1 Å². The lowest BCUT2D eigenvalue weighted by atomic mass is 10.0. The smallest absolute Gasteiger partial charge is 0.273 e. The molecule has 0 aliphatic heterocycles. The van der Waals surface area contributed by atoms with Crippen LogP contribution in [0.5, 0.6) is 0 Å². The standard InChI is InChI=1S/C21H22N4O2S3/c1-15(2)10-18-12-19(20(29-18)30(26,27)24-21-23-7-9-28-21)17-5-3-4-16(11-17)13-25-8-6-22-14-25/h3-9,11-12,14-15H,10,13H2,1-2H3,(H,23,24). The van der Waals surface area contributed by atoms with E-state index in [1.807, 2.05) is 41.1 Å². The number of nitrogens with one attached hydrogen (secondary N) is 1. The third kappa shape index (κ3) is 4.80. The number of hydrogen-bond donors (Lipinski definition) is 1. The maximum absolute atomic E-state index is 13.2. The van der Waals surface area contributed by atoms with Gasteiger partial charge in [0.15, 0.2) is 5.13 Å². The van der Waals surface area contributed by atoms with Gasteiger partial charge in [0.1, 0.15) is 4.21 Å². The van der Waals surface area contributed by atoms with Crippen molar-refractivity contribution in [2.45, 2.75) is 31.0 Å². The number of thiazole rings is 1. The molecule has 0 radical (unpaired) electrons. The van der Waals surface area contributed by atoms with E-state index in [1.165, 1.54) is 22.7 Å². The van der Waals surface area contributed by atoms with E-state index in [2.05, 4.69) is 28.5 Å². The van der Waals surface area contributed by atoms with Gasteiger partial charge in [-0.15, -0.1) is 22.7 Å². The molecule has 3 heterocycles. The third-order valence-electron chi connectivity index (χ3n) is 4.42. The average Bonchev–Trinajstić information content (AvgIpc) is 3.43. The van der Waals surface area contributed by atoms with E-state index in [1.54, 1.807) is 24.1 Å². The van der Waals surface area contributed by atoms with Crippen LogP contribution in [0.4, 0.5) is 5.13 Å². The van der Waals surface area contributed by atoms with Crippen molar-refractivity contribution in [3.63, 3.8) is 0 Å². The Labute approximate surface area is 184 Å². The molecule has 9 heteroatoms. The van der Waals surface area contributed by atoms with Crippen molar-refractivity contribution < 1.29 is 8.42 Å². The lowest BCUT2D eigenvalue weighted by molar-refractivity contribution is 0.603. The van der Waals surface area contributed by atoms with Crippen molar-refractivity contribution in [3.05, 3.63) is 71.1 Å². The van der Waals surface area contributed by atoms with E-state index in [-0.39, 0.29) is 0 Å². The van der Waals surface area contributed by atoms with Crippen LogP contribution in [0.25, 0.3) is 11.1 Å². The van der Waals surface area contributed by atoms with Gasteiger partial charge in [-0.2, -0.15) is 0 Å². The van der Waals surface area contributed by atoms with Crippen LogP contribution in [-0.4, -0.2) is 23.0 Å². The van der Waals surface area contributed by atoms with Crippen molar-refractivity contribution >= 4 is 37.8 Å². The Kier molecular flexibility index (Phi) is 6.03. The molecule has 0 saturated heterocycles. The predicted octanol–water partition coefficient (Wildman–Crippen LogP) is 5.12. The van der Waals surface area contributed by atoms with Crippen LogP contribution in [0.2, 0.25) is 0 Å². The molecule has 0 saturated carbocycles. The van der Waals surface area contributed by atoms with E-state index in [4.69, 9.17) is 0 Å². The minimum absolute atomic E-state index is 0.327. The monoisotopic (exact) mass is 458 g/mol. The second kappa shape index (κ2) is 8.71. The summed E-state index contributed by atoms with van der Waals surface area (Å²) in [4.78, 5) is 9.20. The van der Waals surface area contributed by atoms with E-state index in [0.717, 1.165) is 28.0 Å². The van der Waals surface area contributed by atoms with Crippen LogP contribution in [0, 0.1) is 5.92 Å². The lowest BCUT2D eigenvalue weighted by Gasteiger charge is -2.09. The maximum atomic E-state index is 13.2. The first kappa shape index (κ1) is 20.8. The van der Waals surface area contributed by atoms with Crippen LogP contribution in [-0.2, 0) is 23.0 Å². The minimum atomic E-state index is -3.74. The molecule has 30 heavy (non-hydrogen) atoms. The van der Waals surface area contributed by atoms with Crippen LogP contribution in [0.3, 0.4) is 0 Å². The zero-order chi connectivity index (χ0) is 21.1. The van der Waals surface area contributed by atoms with Gasteiger partial charge in [-0.25, -0.2) is 18.4 Å². The van der Waals surface area contributed by atoms with Gasteiger partial charge in [-0.05, 0) is 35.6 Å². The van der Waals surface area contributed by atoms with Crippen LogP contribution < -0.4 is 4.72 Å². The SMILES string of the molecule is CC(C)Cc1cc(-c2cccc(Cn3ccnc3)c2)c(S(=O)(=O)Nc2nccs2)s1. The fourth-order valence-corrected chi connectivity index (χ4v) is 6.93. The number of nitrogens with zero attached hydrogens (tertiary/aromatic N) is 3. The summed E-state index contributed by atoms with van der Waals surface area (Å²) >= 11 is 2.60. The van der Waals surface area contributed by atoms with E-state index in [0.29, 0.717) is 21.8 Å². The second-order valence-electron chi connectivity index (χ2n) is 7.39. The van der Waals surface area contributed by atoms with Crippen molar-refractivity contribution in [2.24, 2.45) is 5.92 Å². The van der Waals surface area contributed by atoms with Gasteiger partial charge in [0.2, 0.25) is 0 Å². The number of rotatable bonds is 8. The normalized spacial score (nSPS) is 11.8. The second-order valence-corrected chi connectivity index (χ2v) is 11.3. The number of sulfonamides is 1. The van der Waals surface area contributed by atoms with Gasteiger partial charge in [-0.3, -0.25) is 4.72 Å². The summed E-state index contributed by atoms with van der Waals surface area (Å²) < 4.78 is 31.3. The highest BCUT2D eigenvalue weighted by molar-refractivity contribution is 7.95. The molecule has 0 fully saturated rings. The van der Waals surface area contributed by atoms with Crippen molar-refractivity contribution in [1.82, 2.24) is 14.5 Å². The average molecular weight is 459 g/mol. The molecule has 156 valence electrons. The molecular weight excluding hydrogens is 436 g/mol. The lowest BCUT2D eigenvalue weighted by Crippen LogP contribution is -2.12. The fraction of sp³-hybridized carbons (Fsp3) is 0.238. The number of anilines is 1. The molecule has 1 N–H and O–H groups in total. The van der Waals surface area contributed by atoms with Gasteiger partial charge in [0.25, 0.3) is 10.0 Å². The summed E-state index contributed by atoms with van der Waals surface area (Å²) in [7, 11) is -3.74. The molecule has 0 aliphatic carbocycles. The van der Waals surface area contributed by atoms with Crippen LogP contribution >= 0.6 is 22.7 Å². The van der Waals surface area contributed by atoms with Crippen molar-refractivity contribution in [2.75, 3.05) is 4.72 Å². The number of thiophene rings is 1. The molecule has 0 amide bonds. The van der Waals surface area contributed by atoms with Crippen molar-refractivity contribution in [1.29, 1.82) is 0 Å². The Morgan fingerprint density at radius 3 is 2.77 bits per heavy atom. The van der Waals surface area contributed by atoms with Gasteiger partial charge in [0.05, 0.1) is 6.33 Å². The summed E-state index contributed by atoms with van der Waals surface area (Å²) in [5.74, 6) is 0.437. The zero-order valence-corrected chi connectivity index (χ0v) is 19.1. The number of aromatic nitrogens is 3. The summed E-state index contributed by atoms with van der Waals surface area (Å²) in [5.41, 5.74) is 2.70. The molecule has 1 aromatic carbocycles. The van der Waals surface area contributed by atoms with Gasteiger partial charge >= 0.3 is 0 Å².